The van der Waals surface area contributed by atoms with E-state index in [2.05, 4.69) is 12.2 Å². The van der Waals surface area contributed by atoms with Gasteiger partial charge in [-0.3, -0.25) is 5.43 Å². The molecule has 0 radical (unpaired) electrons. The molecule has 0 amide bonds. The van der Waals surface area contributed by atoms with E-state index in [1.54, 1.807) is 5.43 Å². The summed E-state index contributed by atoms with van der Waals surface area (Å²) in [4.78, 5) is 0. The fourth-order valence-electron chi connectivity index (χ4n) is 0.0466. The lowest BCUT2D eigenvalue weighted by atomic mass is 11.2. The van der Waals surface area contributed by atoms with Gasteiger partial charge in [-0.15, -0.1) is 4.48 Å². The maximum atomic E-state index is 10.7. The highest BCUT2D eigenvalue weighted by molar-refractivity contribution is 7.80. The lowest BCUT2D eigenvalue weighted by Crippen LogP contribution is -2.35. The Hall–Kier alpha value is -0.420. The van der Waals surface area contributed by atoms with Crippen LogP contribution in [0.25, 0.3) is 0 Å². The van der Waals surface area contributed by atoms with E-state index in [1.165, 1.54) is 0 Å². The molecule has 6 heavy (non-hydrogen) atoms. The molecule has 0 atom stereocenters. The first kappa shape index (κ1) is 5.58. The number of hydrogen-bond donors (Lipinski definition) is 3. The van der Waals surface area contributed by atoms with Crippen molar-refractivity contribution in [1.29, 1.82) is 0 Å². The first-order valence-corrected chi connectivity index (χ1v) is 1.59. The summed E-state index contributed by atoms with van der Waals surface area (Å²) in [5.74, 6) is 0. The summed E-state index contributed by atoms with van der Waals surface area (Å²) in [7, 11) is 0. The van der Waals surface area contributed by atoms with Crippen LogP contribution in [0.3, 0.4) is 0 Å². The largest absolute Gasteiger partial charge is 0.375 e. The second-order valence-corrected chi connectivity index (χ2v) is 1.02. The average molecular weight is 109 g/mol. The molecule has 0 aliphatic heterocycles. The Bertz CT molecular complexity index is 54.8. The fraction of sp³-hybridized carbons (Fsp3) is 0. The van der Waals surface area contributed by atoms with E-state index >= 15 is 0 Å². The predicted molar refractivity (Wildman–Crippen MR) is 24.2 cm³/mol. The Labute approximate surface area is 39.6 Å². The number of hydrogen-bond acceptors (Lipinski definition) is 2. The highest BCUT2D eigenvalue weighted by atomic mass is 32.1. The average Bonchev–Trinajstić information content (AvgIpc) is 1.35. The van der Waals surface area contributed by atoms with Crippen molar-refractivity contribution in [2.75, 3.05) is 0 Å². The summed E-state index contributed by atoms with van der Waals surface area (Å²) in [6, 6.07) is 0. The molecule has 0 aromatic rings. The summed E-state index contributed by atoms with van der Waals surface area (Å²) in [5.41, 5.74) is 7.57. The summed E-state index contributed by atoms with van der Waals surface area (Å²) in [5, 5.41) is -0.113. The van der Waals surface area contributed by atoms with E-state index in [1.807, 2.05) is 0 Å². The van der Waals surface area contributed by atoms with Crippen molar-refractivity contribution in [3.8, 4) is 0 Å². The van der Waals surface area contributed by atoms with Gasteiger partial charge in [0.1, 0.15) is 0 Å². The normalized spacial score (nSPS) is 7.50. The molecule has 0 rings (SSSR count). The van der Waals surface area contributed by atoms with Crippen LogP contribution in [0.1, 0.15) is 0 Å². The topological polar surface area (TPSA) is 50.1 Å². The lowest BCUT2D eigenvalue weighted by molar-refractivity contribution is 0.308. The van der Waals surface area contributed by atoms with Gasteiger partial charge in [0.05, 0.1) is 0 Å². The Morgan fingerprint density at radius 3 is 2.33 bits per heavy atom. The van der Waals surface area contributed by atoms with Crippen LogP contribution in [-0.4, -0.2) is 5.11 Å². The Morgan fingerprint density at radius 2 is 2.33 bits per heavy atom. The molecule has 3 nitrogen and oxygen atoms in total. The van der Waals surface area contributed by atoms with E-state index in [9.17, 15) is 4.48 Å². The van der Waals surface area contributed by atoms with Gasteiger partial charge in [-0.2, -0.15) is 0 Å². The van der Waals surface area contributed by atoms with Gasteiger partial charge in [0.15, 0.2) is 5.11 Å². The van der Waals surface area contributed by atoms with Gasteiger partial charge in [0, 0.05) is 0 Å². The molecule has 0 aliphatic carbocycles. The first-order valence-electron chi connectivity index (χ1n) is 1.18. The van der Waals surface area contributed by atoms with Crippen LogP contribution in [0, 0.1) is 0 Å². The molecule has 0 bridgehead atoms. The minimum atomic E-state index is -0.113. The highest BCUT2D eigenvalue weighted by Crippen LogP contribution is 1.47. The van der Waals surface area contributed by atoms with Crippen molar-refractivity contribution in [2.24, 2.45) is 5.73 Å². The van der Waals surface area contributed by atoms with Gasteiger partial charge >= 0.3 is 0 Å². The van der Waals surface area contributed by atoms with E-state index in [4.69, 9.17) is 5.73 Å². The number of nitrogens with one attached hydrogen (secondary N) is 2. The Balaban J connectivity index is 2.83. The summed E-state index contributed by atoms with van der Waals surface area (Å²) < 4.78 is 10.7. The Kier molecular flexibility index (Phi) is 2.60. The standard InChI is InChI=1S/CH4FN3S/c2-5-4-1(3)6/h5H,(H3,3,4,6). The molecule has 36 valence electrons. The Morgan fingerprint density at radius 1 is 1.83 bits per heavy atom. The number of thiocarbonyl (C=S) groups is 1. The number of rotatable bonds is 1. The molecule has 5 heteroatoms. The van der Waals surface area contributed by atoms with Crippen molar-refractivity contribution < 1.29 is 4.48 Å². The third kappa shape index (κ3) is 3.58. The van der Waals surface area contributed by atoms with Gasteiger partial charge < -0.3 is 5.73 Å². The molecule has 0 saturated carbocycles. The second kappa shape index (κ2) is 2.80. The number of hydrazine groups is 1. The zero-order valence-electron chi connectivity index (χ0n) is 2.86. The molecular weight excluding hydrogens is 105 g/mol. The van der Waals surface area contributed by atoms with Crippen molar-refractivity contribution in [3.05, 3.63) is 0 Å². The van der Waals surface area contributed by atoms with E-state index < -0.39 is 0 Å². The van der Waals surface area contributed by atoms with Crippen molar-refractivity contribution in [3.63, 3.8) is 0 Å². The monoisotopic (exact) mass is 109 g/mol. The van der Waals surface area contributed by atoms with Gasteiger partial charge in [0.25, 0.3) is 0 Å². The van der Waals surface area contributed by atoms with Crippen LogP contribution in [0.5, 0.6) is 0 Å². The minimum Gasteiger partial charge on any atom is -0.375 e. The van der Waals surface area contributed by atoms with E-state index in [0.717, 1.165) is 5.65 Å². The van der Waals surface area contributed by atoms with Crippen molar-refractivity contribution in [1.82, 2.24) is 11.1 Å². The molecule has 0 aliphatic rings. The molecule has 0 saturated heterocycles. The molecule has 0 aromatic carbocycles. The third-order valence-electron chi connectivity index (χ3n) is 0.170. The van der Waals surface area contributed by atoms with Crippen LogP contribution < -0.4 is 16.8 Å². The van der Waals surface area contributed by atoms with Crippen molar-refractivity contribution in [2.45, 2.75) is 0 Å². The number of halogens is 1. The van der Waals surface area contributed by atoms with Crippen LogP contribution >= 0.6 is 12.2 Å². The minimum absolute atomic E-state index is 0.113. The maximum absolute atomic E-state index is 10.7. The zero-order chi connectivity index (χ0) is 4.99. The molecule has 0 heterocycles. The van der Waals surface area contributed by atoms with Crippen molar-refractivity contribution >= 4 is 17.3 Å². The highest BCUT2D eigenvalue weighted by Gasteiger charge is 1.75. The molecule has 4 N–H and O–H groups in total. The van der Waals surface area contributed by atoms with Gasteiger partial charge in [0.2, 0.25) is 0 Å². The van der Waals surface area contributed by atoms with E-state index in [0.29, 0.717) is 0 Å². The zero-order valence-corrected chi connectivity index (χ0v) is 3.68. The van der Waals surface area contributed by atoms with Gasteiger partial charge in [-0.1, -0.05) is 5.65 Å². The van der Waals surface area contributed by atoms with Gasteiger partial charge in [-0.25, -0.2) is 0 Å². The fourth-order valence-corrected chi connectivity index (χ4v) is 0.0851. The SMILES string of the molecule is NC(=S)NNF. The molecule has 0 spiro atoms. The number of nitrogens with two attached hydrogens (primary N) is 1. The third-order valence-corrected chi connectivity index (χ3v) is 0.273. The van der Waals surface area contributed by atoms with Crippen LogP contribution in [0.2, 0.25) is 0 Å². The molecular formula is CH4FN3S. The maximum Gasteiger partial charge on any atom is 0.180 e. The van der Waals surface area contributed by atoms with Gasteiger partial charge in [-0.05, 0) is 12.2 Å². The smallest absolute Gasteiger partial charge is 0.180 e. The molecule has 0 aromatic heterocycles. The second-order valence-electron chi connectivity index (χ2n) is 0.584. The van der Waals surface area contributed by atoms with E-state index in [-0.39, 0.29) is 5.11 Å². The lowest BCUT2D eigenvalue weighted by Gasteiger charge is -1.91. The van der Waals surface area contributed by atoms with Crippen LogP contribution in [0.15, 0.2) is 0 Å². The van der Waals surface area contributed by atoms with Crippen LogP contribution in [0.4, 0.5) is 4.48 Å². The molecule has 0 fully saturated rings. The molecule has 0 unspecified atom stereocenters. The summed E-state index contributed by atoms with van der Waals surface area (Å²) in [6.45, 7) is 0. The predicted octanol–water partition coefficient (Wildman–Crippen LogP) is -0.791. The van der Waals surface area contributed by atoms with Crippen LogP contribution in [-0.2, 0) is 0 Å². The summed E-state index contributed by atoms with van der Waals surface area (Å²) in [6.07, 6.45) is 0. The summed E-state index contributed by atoms with van der Waals surface area (Å²) >= 11 is 4.16. The first-order chi connectivity index (χ1) is 2.77. The quantitative estimate of drug-likeness (QED) is 0.234.